The van der Waals surface area contributed by atoms with E-state index in [1.54, 1.807) is 25.6 Å². The topological polar surface area (TPSA) is 71.5 Å². The summed E-state index contributed by atoms with van der Waals surface area (Å²) in [5.74, 6) is 1.37. The molecular weight excluding hydrogens is 306 g/mol. The summed E-state index contributed by atoms with van der Waals surface area (Å²) in [6, 6.07) is 7.50. The number of hydrogen-bond acceptors (Lipinski definition) is 6. The lowest BCUT2D eigenvalue weighted by Gasteiger charge is -2.34. The van der Waals surface area contributed by atoms with Crippen LogP contribution in [0.25, 0.3) is 0 Å². The Morgan fingerprint density at radius 1 is 1.12 bits per heavy atom. The van der Waals surface area contributed by atoms with Gasteiger partial charge in [-0.3, -0.25) is 9.78 Å². The number of nitrogens with zero attached hydrogens (tertiary/aromatic N) is 5. The van der Waals surface area contributed by atoms with Gasteiger partial charge >= 0.3 is 0 Å². The highest BCUT2D eigenvalue weighted by Gasteiger charge is 2.22. The first-order valence-electron chi connectivity index (χ1n) is 8.06. The highest BCUT2D eigenvalue weighted by molar-refractivity contribution is 5.76. The van der Waals surface area contributed by atoms with Crippen LogP contribution >= 0.6 is 0 Å². The Kier molecular flexibility index (Phi) is 5.20. The number of aromatic nitrogens is 3. The van der Waals surface area contributed by atoms with Crippen molar-refractivity contribution in [2.75, 3.05) is 38.2 Å². The summed E-state index contributed by atoms with van der Waals surface area (Å²) >= 11 is 0. The molecule has 2 aromatic rings. The summed E-state index contributed by atoms with van der Waals surface area (Å²) in [7, 11) is 1.59. The highest BCUT2D eigenvalue weighted by atomic mass is 16.5. The molecule has 2 aromatic heterocycles. The van der Waals surface area contributed by atoms with E-state index in [1.165, 1.54) is 0 Å². The lowest BCUT2D eigenvalue weighted by atomic mass is 10.2. The molecule has 1 aliphatic rings. The Morgan fingerprint density at radius 2 is 1.96 bits per heavy atom. The van der Waals surface area contributed by atoms with Gasteiger partial charge in [0.25, 0.3) is 0 Å². The zero-order chi connectivity index (χ0) is 16.8. The second kappa shape index (κ2) is 7.72. The quantitative estimate of drug-likeness (QED) is 0.821. The molecular formula is C17H21N5O2. The van der Waals surface area contributed by atoms with Gasteiger partial charge in [-0.1, -0.05) is 6.07 Å². The van der Waals surface area contributed by atoms with Gasteiger partial charge in [0.2, 0.25) is 17.7 Å². The van der Waals surface area contributed by atoms with E-state index in [0.29, 0.717) is 37.8 Å². The number of methoxy groups -OCH3 is 1. The van der Waals surface area contributed by atoms with Gasteiger partial charge in [0.15, 0.2) is 0 Å². The lowest BCUT2D eigenvalue weighted by Crippen LogP contribution is -2.49. The molecule has 7 nitrogen and oxygen atoms in total. The number of anilines is 1. The number of pyridine rings is 1. The maximum atomic E-state index is 12.3. The molecule has 7 heteroatoms. The molecule has 0 aromatic carbocycles. The van der Waals surface area contributed by atoms with E-state index in [-0.39, 0.29) is 5.91 Å². The van der Waals surface area contributed by atoms with Crippen molar-refractivity contribution in [1.29, 1.82) is 0 Å². The van der Waals surface area contributed by atoms with Crippen LogP contribution in [0.3, 0.4) is 0 Å². The van der Waals surface area contributed by atoms with Gasteiger partial charge in [-0.25, -0.2) is 4.98 Å². The van der Waals surface area contributed by atoms with E-state index in [4.69, 9.17) is 4.74 Å². The molecule has 0 radical (unpaired) electrons. The van der Waals surface area contributed by atoms with Crippen LogP contribution in [-0.4, -0.2) is 59.0 Å². The van der Waals surface area contributed by atoms with E-state index in [2.05, 4.69) is 19.9 Å². The summed E-state index contributed by atoms with van der Waals surface area (Å²) in [5.41, 5.74) is 0.953. The second-order valence-electron chi connectivity index (χ2n) is 5.59. The predicted octanol–water partition coefficient (Wildman–Crippen LogP) is 1.16. The monoisotopic (exact) mass is 327 g/mol. The van der Waals surface area contributed by atoms with Crippen molar-refractivity contribution in [3.63, 3.8) is 0 Å². The minimum atomic E-state index is 0.173. The molecule has 0 spiro atoms. The zero-order valence-corrected chi connectivity index (χ0v) is 13.8. The van der Waals surface area contributed by atoms with Crippen molar-refractivity contribution < 1.29 is 9.53 Å². The normalized spacial score (nSPS) is 14.5. The van der Waals surface area contributed by atoms with Crippen molar-refractivity contribution in [3.8, 4) is 5.88 Å². The number of carbonyl (C=O) groups excluding carboxylic acids is 1. The molecule has 24 heavy (non-hydrogen) atoms. The molecule has 3 heterocycles. The highest BCUT2D eigenvalue weighted by Crippen LogP contribution is 2.15. The summed E-state index contributed by atoms with van der Waals surface area (Å²) < 4.78 is 5.13. The van der Waals surface area contributed by atoms with Gasteiger partial charge in [-0.15, -0.1) is 0 Å². The second-order valence-corrected chi connectivity index (χ2v) is 5.59. The minimum Gasteiger partial charge on any atom is -0.481 e. The Balaban J connectivity index is 1.50. The van der Waals surface area contributed by atoms with E-state index in [9.17, 15) is 4.79 Å². The SMILES string of the molecule is COc1ccnc(N2CCN(C(=O)CCc3ccccn3)CC2)n1. The fraction of sp³-hybridized carbons (Fsp3) is 0.412. The van der Waals surface area contributed by atoms with Crippen molar-refractivity contribution in [2.24, 2.45) is 0 Å². The lowest BCUT2D eigenvalue weighted by molar-refractivity contribution is -0.131. The van der Waals surface area contributed by atoms with Gasteiger partial charge in [0, 0.05) is 56.8 Å². The number of rotatable bonds is 5. The molecule has 0 bridgehead atoms. The van der Waals surface area contributed by atoms with Crippen LogP contribution in [-0.2, 0) is 11.2 Å². The van der Waals surface area contributed by atoms with Crippen molar-refractivity contribution in [3.05, 3.63) is 42.4 Å². The number of hydrogen-bond donors (Lipinski definition) is 0. The first-order chi connectivity index (χ1) is 11.8. The van der Waals surface area contributed by atoms with Gasteiger partial charge in [0.05, 0.1) is 7.11 Å². The Bertz CT molecular complexity index is 672. The van der Waals surface area contributed by atoms with E-state index in [0.717, 1.165) is 18.8 Å². The minimum absolute atomic E-state index is 0.173. The first kappa shape index (κ1) is 16.2. The standard InChI is InChI=1S/C17H21N5O2/c1-24-15-7-9-19-17(20-15)22-12-10-21(11-13-22)16(23)6-5-14-4-2-3-8-18-14/h2-4,7-9H,5-6,10-13H2,1H3. The predicted molar refractivity (Wildman–Crippen MR) is 89.9 cm³/mol. The largest absolute Gasteiger partial charge is 0.481 e. The summed E-state index contributed by atoms with van der Waals surface area (Å²) in [6.45, 7) is 2.81. The van der Waals surface area contributed by atoms with Crippen LogP contribution in [0, 0.1) is 0 Å². The maximum absolute atomic E-state index is 12.3. The molecule has 0 N–H and O–H groups in total. The molecule has 1 saturated heterocycles. The number of piperazine rings is 1. The van der Waals surface area contributed by atoms with Gasteiger partial charge in [0.1, 0.15) is 0 Å². The van der Waals surface area contributed by atoms with Crippen LogP contribution in [0.15, 0.2) is 36.7 Å². The smallest absolute Gasteiger partial charge is 0.228 e. The molecule has 0 saturated carbocycles. The Labute approximate surface area is 141 Å². The van der Waals surface area contributed by atoms with Crippen LogP contribution in [0.4, 0.5) is 5.95 Å². The number of carbonyl (C=O) groups is 1. The van der Waals surface area contributed by atoms with Crippen molar-refractivity contribution in [1.82, 2.24) is 19.9 Å². The molecule has 1 fully saturated rings. The maximum Gasteiger partial charge on any atom is 0.228 e. The fourth-order valence-corrected chi connectivity index (χ4v) is 2.69. The molecule has 1 aliphatic heterocycles. The van der Waals surface area contributed by atoms with Crippen LogP contribution in [0.5, 0.6) is 5.88 Å². The third-order valence-electron chi connectivity index (χ3n) is 4.06. The van der Waals surface area contributed by atoms with E-state index < -0.39 is 0 Å². The average Bonchev–Trinajstić information content (AvgIpc) is 2.67. The zero-order valence-electron chi connectivity index (χ0n) is 13.8. The molecule has 0 unspecified atom stereocenters. The van der Waals surface area contributed by atoms with Gasteiger partial charge < -0.3 is 14.5 Å². The Morgan fingerprint density at radius 3 is 2.67 bits per heavy atom. The summed E-state index contributed by atoms with van der Waals surface area (Å²) in [4.78, 5) is 29.2. The van der Waals surface area contributed by atoms with Crippen molar-refractivity contribution >= 4 is 11.9 Å². The fourth-order valence-electron chi connectivity index (χ4n) is 2.69. The van der Waals surface area contributed by atoms with Gasteiger partial charge in [-0.2, -0.15) is 4.98 Å². The van der Waals surface area contributed by atoms with E-state index in [1.807, 2.05) is 23.1 Å². The third kappa shape index (κ3) is 3.98. The Hall–Kier alpha value is -2.70. The summed E-state index contributed by atoms with van der Waals surface area (Å²) in [5, 5.41) is 0. The summed E-state index contributed by atoms with van der Waals surface area (Å²) in [6.07, 6.45) is 4.61. The third-order valence-corrected chi connectivity index (χ3v) is 4.06. The molecule has 126 valence electrons. The molecule has 3 rings (SSSR count). The van der Waals surface area contributed by atoms with Crippen molar-refractivity contribution in [2.45, 2.75) is 12.8 Å². The van der Waals surface area contributed by atoms with E-state index >= 15 is 0 Å². The van der Waals surface area contributed by atoms with Crippen LogP contribution < -0.4 is 9.64 Å². The average molecular weight is 327 g/mol. The number of ether oxygens (including phenoxy) is 1. The number of aryl methyl sites for hydroxylation is 1. The van der Waals surface area contributed by atoms with Crippen LogP contribution in [0.1, 0.15) is 12.1 Å². The molecule has 1 amide bonds. The van der Waals surface area contributed by atoms with Crippen LogP contribution in [0.2, 0.25) is 0 Å². The number of amides is 1. The molecule has 0 atom stereocenters. The van der Waals surface area contributed by atoms with Gasteiger partial charge in [-0.05, 0) is 18.6 Å². The first-order valence-corrected chi connectivity index (χ1v) is 8.06. The molecule has 0 aliphatic carbocycles.